The number of ether oxygens (including phenoxy) is 1. The topological polar surface area (TPSA) is 68.5 Å². The number of rotatable bonds is 5. The van der Waals surface area contributed by atoms with Crippen LogP contribution in [0.4, 0.5) is 13.2 Å². The van der Waals surface area contributed by atoms with E-state index in [9.17, 15) is 27.9 Å². The van der Waals surface area contributed by atoms with Crippen LogP contribution in [0.3, 0.4) is 0 Å². The number of hydrogen-bond donors (Lipinski definition) is 1. The molecule has 0 spiro atoms. The van der Waals surface area contributed by atoms with Crippen molar-refractivity contribution in [2.75, 3.05) is 0 Å². The highest BCUT2D eigenvalue weighted by Gasteiger charge is 2.29. The summed E-state index contributed by atoms with van der Waals surface area (Å²) in [6.45, 7) is 6.74. The van der Waals surface area contributed by atoms with Crippen LogP contribution in [0.5, 0.6) is 5.75 Å². The number of fused-ring (bicyclic) bond motifs is 1. The Bertz CT molecular complexity index is 1190. The molecule has 0 aliphatic rings. The summed E-state index contributed by atoms with van der Waals surface area (Å²) in [6.07, 6.45) is 0.290. The third-order valence-corrected chi connectivity index (χ3v) is 5.37. The first-order valence-corrected chi connectivity index (χ1v) is 9.80. The van der Waals surface area contributed by atoms with E-state index in [1.165, 1.54) is 0 Å². The van der Waals surface area contributed by atoms with Crippen LogP contribution < -0.4 is 0 Å². The average Bonchev–Trinajstić information content (AvgIpc) is 2.99. The maximum absolute atomic E-state index is 14.2. The molecule has 0 fully saturated rings. The molecule has 31 heavy (non-hydrogen) atoms. The molecule has 2 atom stereocenters. The third-order valence-electron chi connectivity index (χ3n) is 5.37. The fraction of sp³-hybridized carbons (Fsp3) is 0.304. The number of esters is 1. The molecular formula is C23H22F3NO4. The fourth-order valence-electron chi connectivity index (χ4n) is 3.52. The van der Waals surface area contributed by atoms with Crippen LogP contribution in [0.1, 0.15) is 54.7 Å². The van der Waals surface area contributed by atoms with Gasteiger partial charge in [0, 0.05) is 22.7 Å². The summed E-state index contributed by atoms with van der Waals surface area (Å²) in [6, 6.07) is 4.78. The number of aromatic hydroxyl groups is 1. The van der Waals surface area contributed by atoms with Gasteiger partial charge in [0.1, 0.15) is 0 Å². The standard InChI is InChI=1S/C23H22F3NO4/c1-5-11(2)31-23(30)12(3)21-13(4)27(19-10-18(26)20(28)9-15(19)21)22(29)14-6-7-16(24)17(25)8-14/h6-12,28H,5H2,1-4H3. The maximum Gasteiger partial charge on any atom is 0.313 e. The van der Waals surface area contributed by atoms with Gasteiger partial charge in [-0.25, -0.2) is 13.2 Å². The minimum atomic E-state index is -1.20. The molecule has 3 rings (SSSR count). The number of benzene rings is 2. The Morgan fingerprint density at radius 1 is 1.06 bits per heavy atom. The Balaban J connectivity index is 2.22. The van der Waals surface area contributed by atoms with Gasteiger partial charge in [-0.1, -0.05) is 6.92 Å². The number of carbonyl (C=O) groups is 2. The summed E-state index contributed by atoms with van der Waals surface area (Å²) >= 11 is 0. The SMILES string of the molecule is CCC(C)OC(=O)C(C)c1c(C)n(C(=O)c2ccc(F)c(F)c2)c2cc(F)c(O)cc12. The van der Waals surface area contributed by atoms with Crippen molar-refractivity contribution in [3.05, 3.63) is 64.6 Å². The second kappa shape index (κ2) is 8.45. The zero-order valence-corrected chi connectivity index (χ0v) is 17.5. The third kappa shape index (κ3) is 4.02. The molecule has 0 amide bonds. The van der Waals surface area contributed by atoms with Crippen molar-refractivity contribution in [1.82, 2.24) is 4.57 Å². The lowest BCUT2D eigenvalue weighted by Gasteiger charge is -2.16. The van der Waals surface area contributed by atoms with Crippen molar-refractivity contribution in [2.24, 2.45) is 0 Å². The lowest BCUT2D eigenvalue weighted by molar-refractivity contribution is -0.149. The highest BCUT2D eigenvalue weighted by molar-refractivity contribution is 6.05. The molecule has 0 aliphatic heterocycles. The molecule has 1 aromatic heterocycles. The van der Waals surface area contributed by atoms with Gasteiger partial charge >= 0.3 is 5.97 Å². The molecule has 164 valence electrons. The maximum atomic E-state index is 14.2. The monoisotopic (exact) mass is 433 g/mol. The fourth-order valence-corrected chi connectivity index (χ4v) is 3.52. The molecule has 1 heterocycles. The first-order valence-electron chi connectivity index (χ1n) is 9.80. The molecule has 0 aliphatic carbocycles. The van der Waals surface area contributed by atoms with Gasteiger partial charge in [-0.2, -0.15) is 0 Å². The Kier molecular flexibility index (Phi) is 6.10. The zero-order valence-electron chi connectivity index (χ0n) is 17.5. The Morgan fingerprint density at radius 3 is 2.35 bits per heavy atom. The van der Waals surface area contributed by atoms with Gasteiger partial charge in [-0.15, -0.1) is 0 Å². The molecule has 1 N–H and O–H groups in total. The lowest BCUT2D eigenvalue weighted by atomic mass is 9.97. The predicted molar refractivity (Wildman–Crippen MR) is 109 cm³/mol. The van der Waals surface area contributed by atoms with Crippen molar-refractivity contribution in [3.63, 3.8) is 0 Å². The minimum Gasteiger partial charge on any atom is -0.505 e. The number of carbonyl (C=O) groups excluding carboxylic acids is 2. The molecule has 0 bridgehead atoms. The Morgan fingerprint density at radius 2 is 1.74 bits per heavy atom. The number of hydrogen-bond acceptors (Lipinski definition) is 4. The molecule has 2 unspecified atom stereocenters. The highest BCUT2D eigenvalue weighted by Crippen LogP contribution is 2.36. The Labute approximate surface area is 177 Å². The van der Waals surface area contributed by atoms with Crippen LogP contribution in [0, 0.1) is 24.4 Å². The first kappa shape index (κ1) is 22.4. The van der Waals surface area contributed by atoms with Crippen LogP contribution in [0.25, 0.3) is 10.9 Å². The van der Waals surface area contributed by atoms with Gasteiger partial charge < -0.3 is 9.84 Å². The second-order valence-corrected chi connectivity index (χ2v) is 7.47. The summed E-state index contributed by atoms with van der Waals surface area (Å²) in [4.78, 5) is 25.8. The molecule has 5 nitrogen and oxygen atoms in total. The summed E-state index contributed by atoms with van der Waals surface area (Å²) in [7, 11) is 0. The highest BCUT2D eigenvalue weighted by atomic mass is 19.2. The van der Waals surface area contributed by atoms with Crippen molar-refractivity contribution in [2.45, 2.75) is 46.1 Å². The van der Waals surface area contributed by atoms with Crippen molar-refractivity contribution in [1.29, 1.82) is 0 Å². The van der Waals surface area contributed by atoms with Crippen LogP contribution in [-0.2, 0) is 9.53 Å². The summed E-state index contributed by atoms with van der Waals surface area (Å²) in [5.74, 6) is -6.03. The summed E-state index contributed by atoms with van der Waals surface area (Å²) in [5, 5.41) is 10.2. The van der Waals surface area contributed by atoms with E-state index in [1.54, 1.807) is 20.8 Å². The van der Waals surface area contributed by atoms with Gasteiger partial charge in [-0.3, -0.25) is 14.2 Å². The minimum absolute atomic E-state index is 0.0840. The van der Waals surface area contributed by atoms with E-state index in [2.05, 4.69) is 0 Å². The van der Waals surface area contributed by atoms with Crippen molar-refractivity contribution in [3.8, 4) is 5.75 Å². The average molecular weight is 433 g/mol. The number of phenolic OH excluding ortho intramolecular Hbond substituents is 1. The summed E-state index contributed by atoms with van der Waals surface area (Å²) in [5.41, 5.74) is 0.590. The molecular weight excluding hydrogens is 411 g/mol. The van der Waals surface area contributed by atoms with Gasteiger partial charge in [0.15, 0.2) is 23.2 Å². The first-order chi connectivity index (χ1) is 14.6. The summed E-state index contributed by atoms with van der Waals surface area (Å²) < 4.78 is 47.7. The second-order valence-electron chi connectivity index (χ2n) is 7.47. The van der Waals surface area contributed by atoms with Gasteiger partial charge in [0.25, 0.3) is 5.91 Å². The quantitative estimate of drug-likeness (QED) is 0.561. The number of halogens is 3. The molecule has 8 heteroatoms. The van der Waals surface area contributed by atoms with Gasteiger partial charge in [0.05, 0.1) is 17.5 Å². The van der Waals surface area contributed by atoms with E-state index in [0.29, 0.717) is 17.7 Å². The van der Waals surface area contributed by atoms with Crippen molar-refractivity contribution >= 4 is 22.8 Å². The van der Waals surface area contributed by atoms with Gasteiger partial charge in [0.2, 0.25) is 0 Å². The normalized spacial score (nSPS) is 13.3. The van der Waals surface area contributed by atoms with Crippen LogP contribution in [0.15, 0.2) is 30.3 Å². The molecule has 2 aromatic carbocycles. The van der Waals surface area contributed by atoms with Gasteiger partial charge in [-0.05, 0) is 57.0 Å². The smallest absolute Gasteiger partial charge is 0.313 e. The van der Waals surface area contributed by atoms with E-state index in [0.717, 1.165) is 34.9 Å². The number of nitrogens with zero attached hydrogens (tertiary/aromatic N) is 1. The van der Waals surface area contributed by atoms with E-state index in [1.807, 2.05) is 6.92 Å². The number of phenols is 1. The zero-order chi connectivity index (χ0) is 23.0. The van der Waals surface area contributed by atoms with E-state index in [4.69, 9.17) is 4.74 Å². The van der Waals surface area contributed by atoms with Crippen LogP contribution >= 0.6 is 0 Å². The van der Waals surface area contributed by atoms with Crippen LogP contribution in [0.2, 0.25) is 0 Å². The largest absolute Gasteiger partial charge is 0.505 e. The molecule has 0 saturated heterocycles. The number of aromatic nitrogens is 1. The van der Waals surface area contributed by atoms with Crippen LogP contribution in [-0.4, -0.2) is 27.7 Å². The van der Waals surface area contributed by atoms with Crippen molar-refractivity contribution < 1.29 is 32.6 Å². The Hall–Kier alpha value is -3.29. The van der Waals surface area contributed by atoms with E-state index >= 15 is 0 Å². The lowest BCUT2D eigenvalue weighted by Crippen LogP contribution is -2.20. The molecule has 3 aromatic rings. The molecule has 0 saturated carbocycles. The van der Waals surface area contributed by atoms with E-state index in [-0.39, 0.29) is 22.6 Å². The van der Waals surface area contributed by atoms with E-state index < -0.39 is 41.0 Å². The molecule has 0 radical (unpaired) electrons. The predicted octanol–water partition coefficient (Wildman–Crippen LogP) is 5.21.